The van der Waals surface area contributed by atoms with Crippen molar-refractivity contribution in [2.24, 2.45) is 16.8 Å². The summed E-state index contributed by atoms with van der Waals surface area (Å²) in [6, 6.07) is 8.08. The van der Waals surface area contributed by atoms with Gasteiger partial charge in [-0.05, 0) is 49.8 Å². The molecule has 5 N–H and O–H groups in total. The third kappa shape index (κ3) is 4.59. The number of carbonyl (C=O) groups excluding carboxylic acids is 1. The Morgan fingerprint density at radius 2 is 2.00 bits per heavy atom. The lowest BCUT2D eigenvalue weighted by Crippen LogP contribution is -2.52. The van der Waals surface area contributed by atoms with Gasteiger partial charge in [0.25, 0.3) is 0 Å². The molecule has 1 saturated heterocycles. The zero-order valence-electron chi connectivity index (χ0n) is 18.9. The van der Waals surface area contributed by atoms with Gasteiger partial charge in [-0.25, -0.2) is 14.5 Å². The molecule has 176 valence electrons. The number of pyridine rings is 1. The Labute approximate surface area is 193 Å². The molecule has 4 heterocycles. The molecule has 0 spiro atoms. The van der Waals surface area contributed by atoms with E-state index >= 15 is 0 Å². The minimum Gasteiger partial charge on any atom is -0.481 e. The Bertz CT molecular complexity index is 1010. The maximum atomic E-state index is 13.0. The fraction of sp³-hybridized carbons (Fsp3) is 0.522. The Hall–Kier alpha value is -2.95. The first-order chi connectivity index (χ1) is 16.1. The number of fused-ring (bicyclic) bond motifs is 1. The zero-order chi connectivity index (χ0) is 22.8. The van der Waals surface area contributed by atoms with Crippen LogP contribution in [-0.4, -0.2) is 65.8 Å². The number of aromatic nitrogens is 2. The van der Waals surface area contributed by atoms with Crippen molar-refractivity contribution in [1.29, 1.82) is 0 Å². The molecule has 1 unspecified atom stereocenters. The molecule has 2 fully saturated rings. The first-order valence-electron chi connectivity index (χ1n) is 11.7. The largest absolute Gasteiger partial charge is 0.481 e. The van der Waals surface area contributed by atoms with Crippen molar-refractivity contribution in [1.82, 2.24) is 30.5 Å². The van der Waals surface area contributed by atoms with E-state index in [1.54, 1.807) is 18.0 Å². The van der Waals surface area contributed by atoms with Crippen molar-refractivity contribution < 1.29 is 9.53 Å². The highest BCUT2D eigenvalue weighted by Gasteiger charge is 2.31. The number of carbonyl (C=O) groups is 1. The van der Waals surface area contributed by atoms with Crippen LogP contribution in [0.2, 0.25) is 0 Å². The number of amides is 2. The third-order valence-electron chi connectivity index (χ3n) is 6.87. The molecule has 33 heavy (non-hydrogen) atoms. The van der Waals surface area contributed by atoms with Gasteiger partial charge in [0.2, 0.25) is 5.88 Å². The van der Waals surface area contributed by atoms with Crippen LogP contribution < -0.4 is 26.4 Å². The molecule has 2 aromatic rings. The normalized spacial score (nSPS) is 24.8. The highest BCUT2D eigenvalue weighted by Crippen LogP contribution is 2.30. The molecule has 0 aromatic carbocycles. The maximum absolute atomic E-state index is 13.0. The fourth-order valence-electron chi connectivity index (χ4n) is 4.71. The lowest BCUT2D eigenvalue weighted by Gasteiger charge is -2.35. The lowest BCUT2D eigenvalue weighted by molar-refractivity contribution is 0.196. The molecule has 0 bridgehead atoms. The van der Waals surface area contributed by atoms with Crippen molar-refractivity contribution in [2.75, 3.05) is 26.7 Å². The fourth-order valence-corrected chi connectivity index (χ4v) is 4.71. The van der Waals surface area contributed by atoms with E-state index in [1.807, 2.05) is 24.3 Å². The average molecular weight is 453 g/mol. The van der Waals surface area contributed by atoms with Crippen molar-refractivity contribution in [3.8, 4) is 17.1 Å². The van der Waals surface area contributed by atoms with Gasteiger partial charge in [0.15, 0.2) is 0 Å². The van der Waals surface area contributed by atoms with Crippen molar-refractivity contribution in [3.05, 3.63) is 36.2 Å². The van der Waals surface area contributed by atoms with E-state index in [-0.39, 0.29) is 12.1 Å². The minimum absolute atomic E-state index is 0.162. The molecular weight excluding hydrogens is 420 g/mol. The van der Waals surface area contributed by atoms with Crippen LogP contribution in [0.25, 0.3) is 11.3 Å². The zero-order valence-corrected chi connectivity index (χ0v) is 18.9. The standard InChI is InChI=1S/C23H32N8O2/c1-33-21-10-16(8-9-26-21)19-6-7-20-22(24)30(14-28-31(19)20)23(32)29-18-4-2-17(3-5-18)27-13-15-11-25-12-15/h6-10,14-15,17-18,22,25,27H,2-5,11-13,24H2,1H3,(H,29,32)/t17-,18-,22?. The number of nitrogens with two attached hydrogens (primary N) is 1. The SMILES string of the molecule is COc1cc(-c2ccc3n2N=CN(C(=O)N[C@H]2CC[C@H](NCC4CNC4)CC2)C3N)ccn1. The summed E-state index contributed by atoms with van der Waals surface area (Å²) in [5.74, 6) is 1.29. The summed E-state index contributed by atoms with van der Waals surface area (Å²) in [7, 11) is 1.58. The van der Waals surface area contributed by atoms with E-state index < -0.39 is 6.17 Å². The topological polar surface area (TPSA) is 122 Å². The Kier molecular flexibility index (Phi) is 6.30. The number of nitrogens with zero attached hydrogens (tertiary/aromatic N) is 4. The molecule has 1 saturated carbocycles. The molecule has 10 nitrogen and oxygen atoms in total. The van der Waals surface area contributed by atoms with E-state index in [4.69, 9.17) is 10.5 Å². The number of rotatable bonds is 6. The van der Waals surface area contributed by atoms with Crippen LogP contribution in [0.3, 0.4) is 0 Å². The van der Waals surface area contributed by atoms with Gasteiger partial charge in [-0.1, -0.05) is 0 Å². The smallest absolute Gasteiger partial charge is 0.324 e. The van der Waals surface area contributed by atoms with Crippen LogP contribution in [0.4, 0.5) is 4.79 Å². The van der Waals surface area contributed by atoms with Gasteiger partial charge < -0.3 is 26.4 Å². The first kappa shape index (κ1) is 21.9. The number of nitrogens with one attached hydrogen (secondary N) is 3. The number of hydrogen-bond donors (Lipinski definition) is 4. The molecule has 5 rings (SSSR count). The molecule has 10 heteroatoms. The molecule has 1 atom stereocenters. The van der Waals surface area contributed by atoms with Crippen LogP contribution in [0.1, 0.15) is 37.5 Å². The summed E-state index contributed by atoms with van der Waals surface area (Å²) in [6.07, 6.45) is 6.67. The Morgan fingerprint density at radius 3 is 2.73 bits per heavy atom. The van der Waals surface area contributed by atoms with Gasteiger partial charge in [0, 0.05) is 49.5 Å². The van der Waals surface area contributed by atoms with E-state index in [0.717, 1.165) is 68.2 Å². The second-order valence-electron chi connectivity index (χ2n) is 9.06. The van der Waals surface area contributed by atoms with Crippen molar-refractivity contribution in [3.63, 3.8) is 0 Å². The summed E-state index contributed by atoms with van der Waals surface area (Å²) < 4.78 is 6.99. The highest BCUT2D eigenvalue weighted by atomic mass is 16.5. The molecule has 2 aromatic heterocycles. The number of ether oxygens (including phenoxy) is 1. The quantitative estimate of drug-likeness (QED) is 0.526. The first-order valence-corrected chi connectivity index (χ1v) is 11.7. The van der Waals surface area contributed by atoms with E-state index in [9.17, 15) is 4.79 Å². The van der Waals surface area contributed by atoms with Crippen LogP contribution in [0.5, 0.6) is 5.88 Å². The predicted octanol–water partition coefficient (Wildman–Crippen LogP) is 1.45. The van der Waals surface area contributed by atoms with Crippen LogP contribution in [-0.2, 0) is 0 Å². The van der Waals surface area contributed by atoms with Gasteiger partial charge in [-0.15, -0.1) is 0 Å². The molecule has 3 aliphatic rings. The number of methoxy groups -OCH3 is 1. The van der Waals surface area contributed by atoms with E-state index in [0.29, 0.717) is 11.9 Å². The van der Waals surface area contributed by atoms with Gasteiger partial charge in [-0.2, -0.15) is 5.10 Å². The molecule has 1 aliphatic carbocycles. The average Bonchev–Trinajstić information content (AvgIpc) is 3.24. The van der Waals surface area contributed by atoms with Crippen LogP contribution in [0.15, 0.2) is 35.6 Å². The van der Waals surface area contributed by atoms with Gasteiger partial charge in [-0.3, -0.25) is 4.90 Å². The molecular formula is C23H32N8O2. The summed E-state index contributed by atoms with van der Waals surface area (Å²) >= 11 is 0. The predicted molar refractivity (Wildman–Crippen MR) is 126 cm³/mol. The summed E-state index contributed by atoms with van der Waals surface area (Å²) in [5.41, 5.74) is 8.97. The van der Waals surface area contributed by atoms with E-state index in [1.165, 1.54) is 11.2 Å². The van der Waals surface area contributed by atoms with E-state index in [2.05, 4.69) is 26.0 Å². The number of urea groups is 1. The van der Waals surface area contributed by atoms with Gasteiger partial charge in [0.1, 0.15) is 12.5 Å². The van der Waals surface area contributed by atoms with Crippen LogP contribution in [0, 0.1) is 5.92 Å². The monoisotopic (exact) mass is 452 g/mol. The summed E-state index contributed by atoms with van der Waals surface area (Å²) in [4.78, 5) is 18.6. The van der Waals surface area contributed by atoms with Crippen molar-refractivity contribution >= 4 is 12.4 Å². The van der Waals surface area contributed by atoms with Gasteiger partial charge in [0.05, 0.1) is 18.5 Å². The molecule has 0 radical (unpaired) electrons. The summed E-state index contributed by atoms with van der Waals surface area (Å²) in [6.45, 7) is 3.33. The highest BCUT2D eigenvalue weighted by molar-refractivity contribution is 5.87. The third-order valence-corrected chi connectivity index (χ3v) is 6.87. The second-order valence-corrected chi connectivity index (χ2v) is 9.06. The van der Waals surface area contributed by atoms with Crippen LogP contribution >= 0.6 is 0 Å². The summed E-state index contributed by atoms with van der Waals surface area (Å²) in [5, 5.41) is 14.6. The van der Waals surface area contributed by atoms with Crippen molar-refractivity contribution in [2.45, 2.75) is 43.9 Å². The maximum Gasteiger partial charge on any atom is 0.324 e. The second kappa shape index (κ2) is 9.50. The molecule has 2 aliphatic heterocycles. The van der Waals surface area contributed by atoms with Gasteiger partial charge >= 0.3 is 6.03 Å². The number of hydrogen-bond acceptors (Lipinski definition) is 7. The lowest BCUT2D eigenvalue weighted by atomic mass is 9.90. The Morgan fingerprint density at radius 1 is 1.21 bits per heavy atom. The minimum atomic E-state index is -0.617. The Balaban J connectivity index is 1.18. The molecule has 2 amide bonds.